The first kappa shape index (κ1) is 21.3. The standard InChI is InChI=1S/C23H22N2O4S/c1-28-20-10-8-18(13-21(20)29-2)19(26)9-11-23(27)25-24-14-16-12-22(30-15-16)17-6-4-3-5-7-17/h3-8,10,12-15H,9,11H2,1-2H3,(H,25,27)/b24-14+. The molecule has 0 radical (unpaired) electrons. The summed E-state index contributed by atoms with van der Waals surface area (Å²) in [7, 11) is 3.04. The lowest BCUT2D eigenvalue weighted by atomic mass is 10.1. The van der Waals surface area contributed by atoms with Gasteiger partial charge in [0, 0.05) is 34.2 Å². The molecule has 30 heavy (non-hydrogen) atoms. The van der Waals surface area contributed by atoms with E-state index in [4.69, 9.17) is 9.47 Å². The van der Waals surface area contributed by atoms with Crippen LogP contribution < -0.4 is 14.9 Å². The van der Waals surface area contributed by atoms with Crippen LogP contribution in [0, 0.1) is 0 Å². The van der Waals surface area contributed by atoms with Crippen LogP contribution in [0.2, 0.25) is 0 Å². The van der Waals surface area contributed by atoms with Crippen LogP contribution in [0.25, 0.3) is 10.4 Å². The molecule has 0 aliphatic heterocycles. The highest BCUT2D eigenvalue weighted by molar-refractivity contribution is 7.13. The molecule has 0 unspecified atom stereocenters. The number of nitrogens with zero attached hydrogens (tertiary/aromatic N) is 1. The Morgan fingerprint density at radius 2 is 1.77 bits per heavy atom. The predicted octanol–water partition coefficient (Wildman–Crippen LogP) is 4.55. The van der Waals surface area contributed by atoms with Crippen molar-refractivity contribution in [3.05, 3.63) is 71.1 Å². The summed E-state index contributed by atoms with van der Waals surface area (Å²) < 4.78 is 10.4. The number of hydrogen-bond donors (Lipinski definition) is 1. The maximum atomic E-state index is 12.3. The highest BCUT2D eigenvalue weighted by Crippen LogP contribution is 2.28. The Morgan fingerprint density at radius 3 is 2.50 bits per heavy atom. The van der Waals surface area contributed by atoms with Gasteiger partial charge in [0.2, 0.25) is 5.91 Å². The molecule has 1 amide bonds. The molecule has 1 heterocycles. The van der Waals surface area contributed by atoms with Gasteiger partial charge in [-0.15, -0.1) is 11.3 Å². The van der Waals surface area contributed by atoms with E-state index in [0.717, 1.165) is 16.0 Å². The SMILES string of the molecule is COc1ccc(C(=O)CCC(=O)N/N=C/c2csc(-c3ccccc3)c2)cc1OC. The third kappa shape index (κ3) is 5.55. The topological polar surface area (TPSA) is 77.0 Å². The molecule has 0 aliphatic carbocycles. The second-order valence-corrected chi connectivity index (χ2v) is 7.31. The smallest absolute Gasteiger partial charge is 0.240 e. The van der Waals surface area contributed by atoms with Crippen LogP contribution in [0.4, 0.5) is 0 Å². The number of methoxy groups -OCH3 is 2. The summed E-state index contributed by atoms with van der Waals surface area (Å²) in [6, 6.07) is 17.0. The molecule has 0 spiro atoms. The molecule has 6 nitrogen and oxygen atoms in total. The van der Waals surface area contributed by atoms with Crippen molar-refractivity contribution in [2.45, 2.75) is 12.8 Å². The molecule has 3 rings (SSSR count). The van der Waals surface area contributed by atoms with E-state index in [-0.39, 0.29) is 24.5 Å². The second kappa shape index (κ2) is 10.4. The Hall–Kier alpha value is -3.45. The van der Waals surface area contributed by atoms with Crippen LogP contribution in [-0.2, 0) is 4.79 Å². The molecule has 1 aromatic heterocycles. The molecule has 7 heteroatoms. The molecule has 0 atom stereocenters. The van der Waals surface area contributed by atoms with E-state index in [1.54, 1.807) is 35.8 Å². The number of carbonyl (C=O) groups is 2. The predicted molar refractivity (Wildman–Crippen MR) is 119 cm³/mol. The first-order valence-electron chi connectivity index (χ1n) is 9.32. The van der Waals surface area contributed by atoms with Crippen LogP contribution in [0.5, 0.6) is 11.5 Å². The van der Waals surface area contributed by atoms with Crippen molar-refractivity contribution in [3.63, 3.8) is 0 Å². The summed E-state index contributed by atoms with van der Waals surface area (Å²) in [6.45, 7) is 0. The van der Waals surface area contributed by atoms with Crippen LogP contribution in [-0.4, -0.2) is 32.1 Å². The minimum absolute atomic E-state index is 0.0451. The number of ether oxygens (including phenoxy) is 2. The number of rotatable bonds is 9. The molecule has 0 fully saturated rings. The van der Waals surface area contributed by atoms with Crippen molar-refractivity contribution < 1.29 is 19.1 Å². The zero-order valence-electron chi connectivity index (χ0n) is 16.8. The van der Waals surface area contributed by atoms with E-state index in [1.165, 1.54) is 14.2 Å². The van der Waals surface area contributed by atoms with Gasteiger partial charge in [0.1, 0.15) is 0 Å². The summed E-state index contributed by atoms with van der Waals surface area (Å²) in [6.07, 6.45) is 1.72. The molecule has 0 saturated heterocycles. The maximum Gasteiger partial charge on any atom is 0.240 e. The summed E-state index contributed by atoms with van der Waals surface area (Å²) in [5.41, 5.74) is 4.98. The normalized spacial score (nSPS) is 10.7. The third-order valence-electron chi connectivity index (χ3n) is 4.37. The molecular formula is C23H22N2O4S. The summed E-state index contributed by atoms with van der Waals surface area (Å²) in [4.78, 5) is 25.5. The Balaban J connectivity index is 1.49. The second-order valence-electron chi connectivity index (χ2n) is 6.40. The number of carbonyl (C=O) groups excluding carboxylic acids is 2. The van der Waals surface area contributed by atoms with Gasteiger partial charge in [0.15, 0.2) is 17.3 Å². The molecule has 3 aromatic rings. The first-order chi connectivity index (χ1) is 14.6. The van der Waals surface area contributed by atoms with Gasteiger partial charge in [-0.05, 0) is 29.8 Å². The summed E-state index contributed by atoms with van der Waals surface area (Å²) >= 11 is 1.61. The Kier molecular flexibility index (Phi) is 7.34. The minimum Gasteiger partial charge on any atom is -0.493 e. The van der Waals surface area contributed by atoms with Gasteiger partial charge in [-0.2, -0.15) is 5.10 Å². The zero-order valence-corrected chi connectivity index (χ0v) is 17.6. The molecule has 1 N–H and O–H groups in total. The summed E-state index contributed by atoms with van der Waals surface area (Å²) in [5.74, 6) is 0.548. The van der Waals surface area contributed by atoms with Crippen LogP contribution >= 0.6 is 11.3 Å². The van der Waals surface area contributed by atoms with Gasteiger partial charge in [-0.25, -0.2) is 5.43 Å². The van der Waals surface area contributed by atoms with E-state index in [0.29, 0.717) is 17.1 Å². The average molecular weight is 423 g/mol. The molecule has 0 saturated carbocycles. The maximum absolute atomic E-state index is 12.3. The highest BCUT2D eigenvalue weighted by Gasteiger charge is 2.12. The van der Waals surface area contributed by atoms with Crippen molar-refractivity contribution in [2.24, 2.45) is 5.10 Å². The summed E-state index contributed by atoms with van der Waals surface area (Å²) in [5, 5.41) is 5.95. The Labute approximate surface area is 179 Å². The number of hydrazone groups is 1. The van der Waals surface area contributed by atoms with Gasteiger partial charge < -0.3 is 9.47 Å². The van der Waals surface area contributed by atoms with E-state index < -0.39 is 0 Å². The number of Topliss-reactive ketones (excluding diaryl/α,β-unsaturated/α-hetero) is 1. The fourth-order valence-electron chi connectivity index (χ4n) is 2.79. The fraction of sp³-hybridized carbons (Fsp3) is 0.174. The van der Waals surface area contributed by atoms with E-state index in [1.807, 2.05) is 41.8 Å². The zero-order chi connectivity index (χ0) is 21.3. The number of nitrogens with one attached hydrogen (secondary N) is 1. The van der Waals surface area contributed by atoms with Crippen LogP contribution in [0.3, 0.4) is 0 Å². The monoisotopic (exact) mass is 422 g/mol. The van der Waals surface area contributed by atoms with Crippen molar-refractivity contribution >= 4 is 29.2 Å². The largest absolute Gasteiger partial charge is 0.493 e. The van der Waals surface area contributed by atoms with Gasteiger partial charge in [-0.3, -0.25) is 9.59 Å². The van der Waals surface area contributed by atoms with Gasteiger partial charge in [0.25, 0.3) is 0 Å². The lowest BCUT2D eigenvalue weighted by Crippen LogP contribution is -2.18. The van der Waals surface area contributed by atoms with E-state index >= 15 is 0 Å². The average Bonchev–Trinajstić information content (AvgIpc) is 3.26. The molecule has 2 aromatic carbocycles. The van der Waals surface area contributed by atoms with E-state index in [2.05, 4.69) is 10.5 Å². The Bertz CT molecular complexity index is 1040. The minimum atomic E-state index is -0.321. The first-order valence-corrected chi connectivity index (χ1v) is 10.2. The van der Waals surface area contributed by atoms with Gasteiger partial charge in [-0.1, -0.05) is 30.3 Å². The highest BCUT2D eigenvalue weighted by atomic mass is 32.1. The van der Waals surface area contributed by atoms with Gasteiger partial charge >= 0.3 is 0 Å². The Morgan fingerprint density at radius 1 is 1.00 bits per heavy atom. The molecule has 0 bridgehead atoms. The third-order valence-corrected chi connectivity index (χ3v) is 5.36. The number of hydrogen-bond acceptors (Lipinski definition) is 6. The molecular weight excluding hydrogens is 400 g/mol. The molecule has 154 valence electrons. The van der Waals surface area contributed by atoms with Gasteiger partial charge in [0.05, 0.1) is 20.4 Å². The van der Waals surface area contributed by atoms with Crippen molar-refractivity contribution in [3.8, 4) is 21.9 Å². The van der Waals surface area contributed by atoms with E-state index in [9.17, 15) is 9.59 Å². The lowest BCUT2D eigenvalue weighted by Gasteiger charge is -2.08. The number of ketones is 1. The fourth-order valence-corrected chi connectivity index (χ4v) is 3.66. The van der Waals surface area contributed by atoms with Crippen molar-refractivity contribution in [1.82, 2.24) is 5.43 Å². The van der Waals surface area contributed by atoms with Crippen LogP contribution in [0.15, 0.2) is 65.1 Å². The van der Waals surface area contributed by atoms with Crippen molar-refractivity contribution in [1.29, 1.82) is 0 Å². The number of amides is 1. The van der Waals surface area contributed by atoms with Crippen molar-refractivity contribution in [2.75, 3.05) is 14.2 Å². The van der Waals surface area contributed by atoms with Crippen LogP contribution in [0.1, 0.15) is 28.8 Å². The number of benzene rings is 2. The quantitative estimate of drug-likeness (QED) is 0.312. The number of thiophene rings is 1. The lowest BCUT2D eigenvalue weighted by molar-refractivity contribution is -0.121. The molecule has 0 aliphatic rings.